The minimum Gasteiger partial charge on any atom is -0.478 e. The number of amides is 3. The van der Waals surface area contributed by atoms with E-state index in [-0.39, 0.29) is 32.7 Å². The number of rotatable bonds is 5. The summed E-state index contributed by atoms with van der Waals surface area (Å²) in [6, 6.07) is 16.8. The first-order valence-corrected chi connectivity index (χ1v) is 14.0. The van der Waals surface area contributed by atoms with E-state index in [2.05, 4.69) is 0 Å². The summed E-state index contributed by atoms with van der Waals surface area (Å²) in [6.07, 6.45) is 0. The number of aromatic carboxylic acids is 1. The number of carboxylic acid groups (broad SMARTS) is 1. The van der Waals surface area contributed by atoms with Crippen molar-refractivity contribution in [2.45, 2.75) is 16.4 Å². The van der Waals surface area contributed by atoms with Gasteiger partial charge in [-0.15, -0.1) is 0 Å². The van der Waals surface area contributed by atoms with Crippen molar-refractivity contribution in [3.63, 3.8) is 0 Å². The SMILES string of the molecule is CN1C(=O)N(c2cc(Cl)cc(Cl)c2)C(=O)[C@]12CN(S(=O)(=O)c1cccc(C(=O)O)c1)C[C@H]2c1ccc(C#N)cc1. The Bertz CT molecular complexity index is 1700. The maximum absolute atomic E-state index is 14.3. The number of benzene rings is 3. The molecule has 0 aliphatic carbocycles. The molecule has 204 valence electrons. The van der Waals surface area contributed by atoms with Gasteiger partial charge in [-0.3, -0.25) is 4.79 Å². The van der Waals surface area contributed by atoms with Crippen LogP contribution in [0.1, 0.15) is 27.4 Å². The van der Waals surface area contributed by atoms with Crippen molar-refractivity contribution in [3.8, 4) is 6.07 Å². The van der Waals surface area contributed by atoms with E-state index in [0.29, 0.717) is 11.1 Å². The molecule has 1 N–H and O–H groups in total. The summed E-state index contributed by atoms with van der Waals surface area (Å²) in [5, 5.41) is 19.0. The zero-order chi connectivity index (χ0) is 29.0. The highest BCUT2D eigenvalue weighted by atomic mass is 35.5. The second-order valence-electron chi connectivity index (χ2n) is 9.45. The van der Waals surface area contributed by atoms with E-state index < -0.39 is 45.9 Å². The molecule has 0 bridgehead atoms. The third-order valence-corrected chi connectivity index (χ3v) is 9.54. The molecule has 0 unspecified atom stereocenters. The number of imide groups is 1. The van der Waals surface area contributed by atoms with Gasteiger partial charge in [-0.05, 0) is 54.1 Å². The molecule has 13 heteroatoms. The van der Waals surface area contributed by atoms with Gasteiger partial charge in [0.25, 0.3) is 5.91 Å². The number of nitrogens with zero attached hydrogens (tertiary/aromatic N) is 4. The number of hydrogen-bond donors (Lipinski definition) is 1. The topological polar surface area (TPSA) is 139 Å². The quantitative estimate of drug-likeness (QED) is 0.434. The molecule has 10 nitrogen and oxygen atoms in total. The fourth-order valence-corrected chi connectivity index (χ4v) is 7.34. The van der Waals surface area contributed by atoms with Crippen LogP contribution in [0.3, 0.4) is 0 Å². The van der Waals surface area contributed by atoms with Crippen LogP contribution in [0.15, 0.2) is 71.6 Å². The molecule has 2 saturated heterocycles. The summed E-state index contributed by atoms with van der Waals surface area (Å²) in [7, 11) is -2.88. The van der Waals surface area contributed by atoms with Crippen LogP contribution in [0, 0.1) is 11.3 Å². The number of halogens is 2. The molecule has 2 heterocycles. The zero-order valence-electron chi connectivity index (χ0n) is 20.8. The highest BCUT2D eigenvalue weighted by Gasteiger charge is 2.65. The fourth-order valence-electron chi connectivity index (χ4n) is 5.29. The van der Waals surface area contributed by atoms with Crippen LogP contribution in [-0.4, -0.2) is 66.3 Å². The monoisotopic (exact) mass is 598 g/mol. The van der Waals surface area contributed by atoms with Crippen LogP contribution in [0.4, 0.5) is 10.5 Å². The van der Waals surface area contributed by atoms with Crippen molar-refractivity contribution in [2.75, 3.05) is 25.0 Å². The van der Waals surface area contributed by atoms with Gasteiger partial charge in [0.15, 0.2) is 0 Å². The number of likely N-dealkylation sites (N-methyl/N-ethyl adjacent to an activating group) is 1. The Hall–Kier alpha value is -3.95. The third kappa shape index (κ3) is 4.30. The lowest BCUT2D eigenvalue weighted by atomic mass is 9.80. The van der Waals surface area contributed by atoms with Crippen LogP contribution < -0.4 is 4.90 Å². The minimum atomic E-state index is -4.31. The van der Waals surface area contributed by atoms with Crippen LogP contribution in [-0.2, 0) is 14.8 Å². The summed E-state index contributed by atoms with van der Waals surface area (Å²) in [4.78, 5) is 41.2. The van der Waals surface area contributed by atoms with Crippen molar-refractivity contribution in [1.82, 2.24) is 9.21 Å². The standard InChI is InChI=1S/C27H20Cl2N4O6S/c1-31-26(37)33(21-11-19(28)10-20(29)12-21)25(36)27(31)15-32(14-23(27)17-7-5-16(13-30)6-8-17)40(38,39)22-4-2-3-18(9-22)24(34)35/h2-12,23H,14-15H2,1H3,(H,34,35)/t23-,27+/m0/s1. The van der Waals surface area contributed by atoms with Crippen molar-refractivity contribution in [3.05, 3.63) is 93.5 Å². The van der Waals surface area contributed by atoms with E-state index >= 15 is 0 Å². The summed E-state index contributed by atoms with van der Waals surface area (Å²) in [5.41, 5.74) is -0.854. The number of hydrogen-bond acceptors (Lipinski definition) is 6. The maximum atomic E-state index is 14.3. The Morgan fingerprint density at radius 2 is 1.70 bits per heavy atom. The average Bonchev–Trinajstić information content (AvgIpc) is 3.42. The molecule has 40 heavy (non-hydrogen) atoms. The van der Waals surface area contributed by atoms with Gasteiger partial charge in [0.2, 0.25) is 10.0 Å². The molecule has 0 aromatic heterocycles. The lowest BCUT2D eigenvalue weighted by Gasteiger charge is -2.33. The van der Waals surface area contributed by atoms with E-state index in [9.17, 15) is 33.2 Å². The zero-order valence-corrected chi connectivity index (χ0v) is 23.1. The molecule has 0 saturated carbocycles. The van der Waals surface area contributed by atoms with Crippen molar-refractivity contribution < 1.29 is 27.9 Å². The normalized spacial score (nSPS) is 21.3. The van der Waals surface area contributed by atoms with Gasteiger partial charge < -0.3 is 10.0 Å². The summed E-state index contributed by atoms with van der Waals surface area (Å²) in [6.45, 7) is -0.595. The molecule has 2 aliphatic rings. The smallest absolute Gasteiger partial charge is 0.335 e. The molecular formula is C27H20Cl2N4O6S. The fraction of sp³-hybridized carbons (Fsp3) is 0.185. The largest absolute Gasteiger partial charge is 0.478 e. The number of nitriles is 1. The third-order valence-electron chi connectivity index (χ3n) is 7.30. The van der Waals surface area contributed by atoms with Gasteiger partial charge >= 0.3 is 12.0 Å². The number of anilines is 1. The first-order valence-electron chi connectivity index (χ1n) is 11.8. The predicted octanol–water partition coefficient (Wildman–Crippen LogP) is 4.19. The first kappa shape index (κ1) is 27.6. The first-order chi connectivity index (χ1) is 18.9. The summed E-state index contributed by atoms with van der Waals surface area (Å²) >= 11 is 12.3. The predicted molar refractivity (Wildman–Crippen MR) is 146 cm³/mol. The molecule has 2 atom stereocenters. The second-order valence-corrected chi connectivity index (χ2v) is 12.3. The van der Waals surface area contributed by atoms with Gasteiger partial charge in [-0.2, -0.15) is 9.57 Å². The molecular weight excluding hydrogens is 579 g/mol. The number of carboxylic acids is 1. The lowest BCUT2D eigenvalue weighted by Crippen LogP contribution is -2.54. The second kappa shape index (κ2) is 9.91. The molecule has 2 aliphatic heterocycles. The Morgan fingerprint density at radius 1 is 1.05 bits per heavy atom. The molecule has 2 fully saturated rings. The van der Waals surface area contributed by atoms with Crippen LogP contribution >= 0.6 is 23.2 Å². The van der Waals surface area contributed by atoms with Gasteiger partial charge in [0, 0.05) is 36.1 Å². The Labute approximate surface area is 239 Å². The van der Waals surface area contributed by atoms with Gasteiger partial charge in [0.05, 0.1) is 27.8 Å². The minimum absolute atomic E-state index is 0.130. The van der Waals surface area contributed by atoms with Crippen molar-refractivity contribution in [2.24, 2.45) is 0 Å². The molecule has 5 rings (SSSR count). The van der Waals surface area contributed by atoms with Crippen LogP contribution in [0.2, 0.25) is 10.0 Å². The molecule has 1 spiro atoms. The highest BCUT2D eigenvalue weighted by molar-refractivity contribution is 7.89. The van der Waals surface area contributed by atoms with E-state index in [0.717, 1.165) is 15.3 Å². The van der Waals surface area contributed by atoms with Crippen LogP contribution in [0.5, 0.6) is 0 Å². The average molecular weight is 599 g/mol. The van der Waals surface area contributed by atoms with Crippen molar-refractivity contribution in [1.29, 1.82) is 5.26 Å². The van der Waals surface area contributed by atoms with E-state index in [1.165, 1.54) is 48.3 Å². The molecule has 0 radical (unpaired) electrons. The molecule has 3 amide bonds. The van der Waals surface area contributed by atoms with Crippen molar-refractivity contribution >= 4 is 56.8 Å². The summed E-state index contributed by atoms with van der Waals surface area (Å²) in [5.74, 6) is -2.80. The number of urea groups is 1. The van der Waals surface area contributed by atoms with E-state index in [1.54, 1.807) is 24.3 Å². The van der Waals surface area contributed by atoms with Gasteiger partial charge in [0.1, 0.15) is 5.54 Å². The number of carbonyl (C=O) groups is 3. The Balaban J connectivity index is 1.65. The Morgan fingerprint density at radius 3 is 2.30 bits per heavy atom. The summed E-state index contributed by atoms with van der Waals surface area (Å²) < 4.78 is 28.7. The highest BCUT2D eigenvalue weighted by Crippen LogP contribution is 2.48. The Kier molecular flexibility index (Phi) is 6.84. The lowest BCUT2D eigenvalue weighted by molar-refractivity contribution is -0.124. The molecule has 3 aromatic rings. The number of carbonyl (C=O) groups excluding carboxylic acids is 2. The van der Waals surface area contributed by atoms with E-state index in [4.69, 9.17) is 23.2 Å². The van der Waals surface area contributed by atoms with Gasteiger partial charge in [-0.25, -0.2) is 22.9 Å². The maximum Gasteiger partial charge on any atom is 0.335 e. The van der Waals surface area contributed by atoms with E-state index in [1.807, 2.05) is 6.07 Å². The molecule has 3 aromatic carbocycles. The van der Waals surface area contributed by atoms with Gasteiger partial charge in [-0.1, -0.05) is 41.4 Å². The van der Waals surface area contributed by atoms with Crippen LogP contribution in [0.25, 0.3) is 0 Å². The number of sulfonamides is 1.